The predicted octanol–water partition coefficient (Wildman–Crippen LogP) is 2.35. The molecule has 2 N–H and O–H groups in total. The molecule has 5 nitrogen and oxygen atoms in total. The van der Waals surface area contributed by atoms with Crippen LogP contribution < -0.4 is 15.4 Å². The topological polar surface area (TPSA) is 54.9 Å². The highest BCUT2D eigenvalue weighted by Crippen LogP contribution is 2.28. The van der Waals surface area contributed by atoms with E-state index in [1.165, 1.54) is 12.8 Å². The van der Waals surface area contributed by atoms with E-state index >= 15 is 0 Å². The van der Waals surface area contributed by atoms with Gasteiger partial charge in [0.05, 0.1) is 13.2 Å². The smallest absolute Gasteiger partial charge is 0.191 e. The number of hydrogen-bond donors (Lipinski definition) is 2. The zero-order valence-electron chi connectivity index (χ0n) is 14.5. The Morgan fingerprint density at radius 3 is 2.78 bits per heavy atom. The second-order valence-corrected chi connectivity index (χ2v) is 6.09. The maximum Gasteiger partial charge on any atom is 0.191 e. The zero-order valence-corrected chi connectivity index (χ0v) is 14.5. The largest absolute Gasteiger partial charge is 0.489 e. The van der Waals surface area contributed by atoms with Gasteiger partial charge in [-0.3, -0.25) is 4.99 Å². The fourth-order valence-corrected chi connectivity index (χ4v) is 2.18. The Morgan fingerprint density at radius 1 is 1.30 bits per heavy atom. The molecule has 1 unspecified atom stereocenters. The van der Waals surface area contributed by atoms with Gasteiger partial charge in [0.2, 0.25) is 0 Å². The molecule has 0 heterocycles. The molecular formula is C18H29N3O2. The standard InChI is InChI=1S/C18H29N3O2/c1-14-6-4-5-7-17(14)23-15(2)12-21-18(19-3)20-10-11-22-13-16-8-9-16/h4-7,15-16H,8-13H2,1-3H3,(H2,19,20,21). The van der Waals surface area contributed by atoms with Crippen LogP contribution in [0.3, 0.4) is 0 Å². The van der Waals surface area contributed by atoms with Gasteiger partial charge in [0.25, 0.3) is 0 Å². The molecule has 1 saturated carbocycles. The van der Waals surface area contributed by atoms with Crippen molar-refractivity contribution in [1.29, 1.82) is 0 Å². The molecule has 1 aliphatic carbocycles. The van der Waals surface area contributed by atoms with E-state index in [2.05, 4.69) is 28.6 Å². The lowest BCUT2D eigenvalue weighted by molar-refractivity contribution is 0.129. The number of rotatable bonds is 9. The van der Waals surface area contributed by atoms with Crippen LogP contribution in [0.1, 0.15) is 25.3 Å². The van der Waals surface area contributed by atoms with Crippen molar-refractivity contribution >= 4 is 5.96 Å². The van der Waals surface area contributed by atoms with Crippen LogP contribution in [0.25, 0.3) is 0 Å². The third-order valence-corrected chi connectivity index (χ3v) is 3.79. The van der Waals surface area contributed by atoms with Gasteiger partial charge in [-0.1, -0.05) is 18.2 Å². The number of hydrogen-bond acceptors (Lipinski definition) is 3. The number of guanidine groups is 1. The maximum absolute atomic E-state index is 5.95. The molecule has 0 bridgehead atoms. The first-order valence-electron chi connectivity index (χ1n) is 8.43. The van der Waals surface area contributed by atoms with Crippen molar-refractivity contribution in [3.05, 3.63) is 29.8 Å². The molecule has 1 atom stereocenters. The fourth-order valence-electron chi connectivity index (χ4n) is 2.18. The Labute approximate surface area is 139 Å². The summed E-state index contributed by atoms with van der Waals surface area (Å²) in [4.78, 5) is 4.21. The third kappa shape index (κ3) is 6.91. The van der Waals surface area contributed by atoms with Gasteiger partial charge in [-0.2, -0.15) is 0 Å². The number of para-hydroxylation sites is 1. The predicted molar refractivity (Wildman–Crippen MR) is 94.2 cm³/mol. The van der Waals surface area contributed by atoms with E-state index in [0.29, 0.717) is 13.2 Å². The first-order valence-corrected chi connectivity index (χ1v) is 8.43. The average molecular weight is 319 g/mol. The Hall–Kier alpha value is -1.75. The summed E-state index contributed by atoms with van der Waals surface area (Å²) in [5.41, 5.74) is 1.15. The van der Waals surface area contributed by atoms with Crippen LogP contribution in [0.15, 0.2) is 29.3 Å². The molecule has 0 amide bonds. The highest BCUT2D eigenvalue weighted by atomic mass is 16.5. The molecule has 5 heteroatoms. The lowest BCUT2D eigenvalue weighted by Crippen LogP contribution is -2.42. The van der Waals surface area contributed by atoms with Crippen molar-refractivity contribution in [2.45, 2.75) is 32.8 Å². The molecule has 0 aliphatic heterocycles. The highest BCUT2D eigenvalue weighted by Gasteiger charge is 2.20. The number of nitrogens with one attached hydrogen (secondary N) is 2. The van der Waals surface area contributed by atoms with Gasteiger partial charge in [0.1, 0.15) is 11.9 Å². The molecular weight excluding hydrogens is 290 g/mol. The van der Waals surface area contributed by atoms with E-state index in [4.69, 9.17) is 9.47 Å². The van der Waals surface area contributed by atoms with Crippen molar-refractivity contribution < 1.29 is 9.47 Å². The number of aryl methyl sites for hydroxylation is 1. The van der Waals surface area contributed by atoms with Gasteiger partial charge < -0.3 is 20.1 Å². The van der Waals surface area contributed by atoms with Gasteiger partial charge in [-0.25, -0.2) is 0 Å². The molecule has 23 heavy (non-hydrogen) atoms. The number of benzene rings is 1. The molecule has 0 spiro atoms. The first kappa shape index (κ1) is 17.6. The molecule has 1 aromatic rings. The summed E-state index contributed by atoms with van der Waals surface area (Å²) >= 11 is 0. The minimum atomic E-state index is 0.0563. The van der Waals surface area contributed by atoms with Crippen LogP contribution in [-0.2, 0) is 4.74 Å². The monoisotopic (exact) mass is 319 g/mol. The maximum atomic E-state index is 5.95. The quantitative estimate of drug-likeness (QED) is 0.417. The van der Waals surface area contributed by atoms with Crippen LogP contribution in [0.4, 0.5) is 0 Å². The van der Waals surface area contributed by atoms with E-state index in [0.717, 1.165) is 36.3 Å². The molecule has 0 aromatic heterocycles. The Kier molecular flexibility index (Phi) is 7.20. The summed E-state index contributed by atoms with van der Waals surface area (Å²) < 4.78 is 11.5. The van der Waals surface area contributed by atoms with E-state index in [1.807, 2.05) is 25.1 Å². The molecule has 128 valence electrons. The lowest BCUT2D eigenvalue weighted by Gasteiger charge is -2.18. The van der Waals surface area contributed by atoms with Crippen molar-refractivity contribution in [3.8, 4) is 5.75 Å². The van der Waals surface area contributed by atoms with Crippen LogP contribution in [-0.4, -0.2) is 45.4 Å². The second-order valence-electron chi connectivity index (χ2n) is 6.09. The van der Waals surface area contributed by atoms with E-state index < -0.39 is 0 Å². The molecule has 1 fully saturated rings. The van der Waals surface area contributed by atoms with Crippen molar-refractivity contribution in [2.75, 3.05) is 33.4 Å². The van der Waals surface area contributed by atoms with Crippen molar-refractivity contribution in [1.82, 2.24) is 10.6 Å². The Balaban J connectivity index is 1.60. The highest BCUT2D eigenvalue weighted by molar-refractivity contribution is 5.79. The summed E-state index contributed by atoms with van der Waals surface area (Å²) in [7, 11) is 1.77. The first-order chi connectivity index (χ1) is 11.2. The van der Waals surface area contributed by atoms with Crippen LogP contribution in [0.5, 0.6) is 5.75 Å². The van der Waals surface area contributed by atoms with Gasteiger partial charge in [0.15, 0.2) is 5.96 Å². The molecule has 0 saturated heterocycles. The third-order valence-electron chi connectivity index (χ3n) is 3.79. The molecule has 0 radical (unpaired) electrons. The summed E-state index contributed by atoms with van der Waals surface area (Å²) in [5.74, 6) is 2.52. The fraction of sp³-hybridized carbons (Fsp3) is 0.611. The van der Waals surface area contributed by atoms with Crippen molar-refractivity contribution in [2.24, 2.45) is 10.9 Å². The van der Waals surface area contributed by atoms with E-state index in [1.54, 1.807) is 7.05 Å². The van der Waals surface area contributed by atoms with Gasteiger partial charge in [-0.05, 0) is 44.2 Å². The second kappa shape index (κ2) is 9.40. The molecule has 1 aliphatic rings. The minimum absolute atomic E-state index is 0.0563. The Bertz CT molecular complexity index is 501. The summed E-state index contributed by atoms with van der Waals surface area (Å²) in [6.45, 7) is 7.17. The summed E-state index contributed by atoms with van der Waals surface area (Å²) in [6.07, 6.45) is 2.71. The van der Waals surface area contributed by atoms with Crippen molar-refractivity contribution in [3.63, 3.8) is 0 Å². The molecule has 1 aromatic carbocycles. The number of ether oxygens (including phenoxy) is 2. The lowest BCUT2D eigenvalue weighted by atomic mass is 10.2. The van der Waals surface area contributed by atoms with Gasteiger partial charge in [-0.15, -0.1) is 0 Å². The zero-order chi connectivity index (χ0) is 16.5. The normalized spacial score (nSPS) is 16.0. The summed E-state index contributed by atoms with van der Waals surface area (Å²) in [6, 6.07) is 8.06. The Morgan fingerprint density at radius 2 is 2.09 bits per heavy atom. The van der Waals surface area contributed by atoms with E-state index in [-0.39, 0.29) is 6.10 Å². The molecule has 2 rings (SSSR count). The van der Waals surface area contributed by atoms with Gasteiger partial charge in [0, 0.05) is 20.2 Å². The van der Waals surface area contributed by atoms with Crippen LogP contribution >= 0.6 is 0 Å². The van der Waals surface area contributed by atoms with Crippen LogP contribution in [0, 0.1) is 12.8 Å². The van der Waals surface area contributed by atoms with Crippen LogP contribution in [0.2, 0.25) is 0 Å². The number of nitrogens with zero attached hydrogens (tertiary/aromatic N) is 1. The van der Waals surface area contributed by atoms with E-state index in [9.17, 15) is 0 Å². The average Bonchev–Trinajstić information content (AvgIpc) is 3.36. The summed E-state index contributed by atoms with van der Waals surface area (Å²) in [5, 5.41) is 6.53. The minimum Gasteiger partial charge on any atom is -0.489 e. The van der Waals surface area contributed by atoms with Gasteiger partial charge >= 0.3 is 0 Å². The number of aliphatic imine (C=N–C) groups is 1. The SMILES string of the molecule is CN=C(NCCOCC1CC1)NCC(C)Oc1ccccc1C.